The molecule has 3 rings (SSSR count). The third-order valence-electron chi connectivity index (χ3n) is 3.69. The number of nitriles is 1. The van der Waals surface area contributed by atoms with Gasteiger partial charge in [-0.3, -0.25) is 4.79 Å². The lowest BCUT2D eigenvalue weighted by molar-refractivity contribution is 0.102. The quantitative estimate of drug-likeness (QED) is 0.776. The Hall–Kier alpha value is -3.26. The van der Waals surface area contributed by atoms with Crippen LogP contribution in [0.1, 0.15) is 21.6 Å². The normalized spacial score (nSPS) is 10.3. The summed E-state index contributed by atoms with van der Waals surface area (Å²) >= 11 is 0. The number of rotatable bonds is 3. The maximum atomic E-state index is 12.6. The minimum absolute atomic E-state index is 0.191. The third kappa shape index (κ3) is 2.74. The standard InChI is InChI=1S/C18H15N3O2/c1-11-17(15-8-7-14(23-2)9-16(15)20-11)18(22)21-13-5-3-12(10-19)4-6-13/h3-9,20H,1-2H3,(H,21,22). The number of anilines is 1. The van der Waals surface area contributed by atoms with Crippen LogP contribution in [0, 0.1) is 18.3 Å². The SMILES string of the molecule is COc1ccc2c(C(=O)Nc3ccc(C#N)cc3)c(C)[nH]c2c1. The first-order valence-electron chi connectivity index (χ1n) is 7.10. The topological polar surface area (TPSA) is 77.9 Å². The van der Waals surface area contributed by atoms with Crippen molar-refractivity contribution < 1.29 is 9.53 Å². The fraction of sp³-hybridized carbons (Fsp3) is 0.111. The Bertz CT molecular complexity index is 918. The molecule has 0 aliphatic carbocycles. The van der Waals surface area contributed by atoms with Gasteiger partial charge in [0.25, 0.3) is 5.91 Å². The number of nitrogens with one attached hydrogen (secondary N) is 2. The number of methoxy groups -OCH3 is 1. The Morgan fingerprint density at radius 2 is 1.96 bits per heavy atom. The first-order chi connectivity index (χ1) is 11.1. The number of ether oxygens (including phenoxy) is 1. The van der Waals surface area contributed by atoms with Crippen molar-refractivity contribution in [2.75, 3.05) is 12.4 Å². The second-order valence-corrected chi connectivity index (χ2v) is 5.18. The Morgan fingerprint density at radius 3 is 2.61 bits per heavy atom. The van der Waals surface area contributed by atoms with Crippen LogP contribution in [0.4, 0.5) is 5.69 Å². The number of H-pyrrole nitrogens is 1. The minimum atomic E-state index is -0.191. The molecule has 0 aliphatic rings. The molecule has 3 aromatic rings. The maximum Gasteiger partial charge on any atom is 0.258 e. The molecule has 0 atom stereocenters. The highest BCUT2D eigenvalue weighted by molar-refractivity contribution is 6.14. The van der Waals surface area contributed by atoms with E-state index < -0.39 is 0 Å². The van der Waals surface area contributed by atoms with Crippen molar-refractivity contribution in [1.82, 2.24) is 4.98 Å². The van der Waals surface area contributed by atoms with E-state index in [0.717, 1.165) is 22.3 Å². The zero-order chi connectivity index (χ0) is 16.4. The predicted molar refractivity (Wildman–Crippen MR) is 88.7 cm³/mol. The summed E-state index contributed by atoms with van der Waals surface area (Å²) in [6.45, 7) is 1.86. The lowest BCUT2D eigenvalue weighted by Gasteiger charge is -2.06. The van der Waals surface area contributed by atoms with Crippen molar-refractivity contribution in [2.45, 2.75) is 6.92 Å². The van der Waals surface area contributed by atoms with E-state index in [2.05, 4.69) is 10.3 Å². The number of aryl methyl sites for hydroxylation is 1. The molecule has 5 nitrogen and oxygen atoms in total. The van der Waals surface area contributed by atoms with Gasteiger partial charge < -0.3 is 15.0 Å². The highest BCUT2D eigenvalue weighted by Crippen LogP contribution is 2.26. The number of nitrogens with zero attached hydrogens (tertiary/aromatic N) is 1. The van der Waals surface area contributed by atoms with Crippen LogP contribution in [-0.2, 0) is 0 Å². The zero-order valence-electron chi connectivity index (χ0n) is 12.8. The largest absolute Gasteiger partial charge is 0.497 e. The third-order valence-corrected chi connectivity index (χ3v) is 3.69. The molecule has 5 heteroatoms. The number of amides is 1. The Labute approximate surface area is 133 Å². The number of fused-ring (bicyclic) bond motifs is 1. The van der Waals surface area contributed by atoms with Gasteiger partial charge in [0, 0.05) is 22.8 Å². The first kappa shape index (κ1) is 14.7. The molecule has 0 radical (unpaired) electrons. The smallest absolute Gasteiger partial charge is 0.258 e. The van der Waals surface area contributed by atoms with Gasteiger partial charge in [-0.2, -0.15) is 5.26 Å². The van der Waals surface area contributed by atoms with E-state index in [1.807, 2.05) is 31.2 Å². The number of hydrogen-bond acceptors (Lipinski definition) is 3. The summed E-state index contributed by atoms with van der Waals surface area (Å²) in [7, 11) is 1.61. The molecule has 1 aromatic heterocycles. The van der Waals surface area contributed by atoms with Gasteiger partial charge in [0.2, 0.25) is 0 Å². The number of benzene rings is 2. The van der Waals surface area contributed by atoms with Crippen molar-refractivity contribution in [3.8, 4) is 11.8 Å². The van der Waals surface area contributed by atoms with E-state index in [1.165, 1.54) is 0 Å². The second-order valence-electron chi connectivity index (χ2n) is 5.18. The van der Waals surface area contributed by atoms with Gasteiger partial charge in [-0.25, -0.2) is 0 Å². The monoisotopic (exact) mass is 305 g/mol. The van der Waals surface area contributed by atoms with Gasteiger partial charge in [0.1, 0.15) is 5.75 Å². The molecule has 1 amide bonds. The molecule has 0 bridgehead atoms. The first-order valence-corrected chi connectivity index (χ1v) is 7.10. The van der Waals surface area contributed by atoms with E-state index in [0.29, 0.717) is 16.8 Å². The Balaban J connectivity index is 1.94. The molecule has 0 aliphatic heterocycles. The minimum Gasteiger partial charge on any atom is -0.497 e. The van der Waals surface area contributed by atoms with Crippen LogP contribution >= 0.6 is 0 Å². The van der Waals surface area contributed by atoms with Gasteiger partial charge in [-0.1, -0.05) is 0 Å². The molecule has 114 valence electrons. The predicted octanol–water partition coefficient (Wildman–Crippen LogP) is 3.61. The van der Waals surface area contributed by atoms with E-state index in [9.17, 15) is 4.79 Å². The Kier molecular flexibility index (Phi) is 3.73. The molecule has 23 heavy (non-hydrogen) atoms. The average Bonchev–Trinajstić information content (AvgIpc) is 2.90. The van der Waals surface area contributed by atoms with Crippen molar-refractivity contribution in [3.63, 3.8) is 0 Å². The summed E-state index contributed by atoms with van der Waals surface area (Å²) in [4.78, 5) is 15.8. The number of hydrogen-bond donors (Lipinski definition) is 2. The number of aromatic amines is 1. The van der Waals surface area contributed by atoms with Crippen LogP contribution in [0.25, 0.3) is 10.9 Å². The Morgan fingerprint density at radius 1 is 1.22 bits per heavy atom. The van der Waals surface area contributed by atoms with E-state index >= 15 is 0 Å². The molecule has 0 saturated heterocycles. The highest BCUT2D eigenvalue weighted by atomic mass is 16.5. The van der Waals surface area contributed by atoms with Crippen LogP contribution < -0.4 is 10.1 Å². The number of carbonyl (C=O) groups excluding carboxylic acids is 1. The van der Waals surface area contributed by atoms with Crippen LogP contribution in [0.15, 0.2) is 42.5 Å². The maximum absolute atomic E-state index is 12.6. The fourth-order valence-electron chi connectivity index (χ4n) is 2.55. The second kappa shape index (κ2) is 5.85. The van der Waals surface area contributed by atoms with Crippen molar-refractivity contribution in [3.05, 3.63) is 59.3 Å². The number of aromatic nitrogens is 1. The molecule has 0 unspecified atom stereocenters. The van der Waals surface area contributed by atoms with Gasteiger partial charge in [-0.15, -0.1) is 0 Å². The lowest BCUT2D eigenvalue weighted by Crippen LogP contribution is -2.12. The number of carbonyl (C=O) groups is 1. The van der Waals surface area contributed by atoms with Gasteiger partial charge in [-0.05, 0) is 43.3 Å². The van der Waals surface area contributed by atoms with Crippen LogP contribution in [0.3, 0.4) is 0 Å². The molecular formula is C18H15N3O2. The average molecular weight is 305 g/mol. The summed E-state index contributed by atoms with van der Waals surface area (Å²) in [5.41, 5.74) is 3.45. The summed E-state index contributed by atoms with van der Waals surface area (Å²) in [5, 5.41) is 12.5. The van der Waals surface area contributed by atoms with Crippen LogP contribution in [0.5, 0.6) is 5.75 Å². The molecule has 1 heterocycles. The summed E-state index contributed by atoms with van der Waals surface area (Å²) < 4.78 is 5.20. The van der Waals surface area contributed by atoms with Crippen LogP contribution in [-0.4, -0.2) is 18.0 Å². The summed E-state index contributed by atoms with van der Waals surface area (Å²) in [5.74, 6) is 0.543. The van der Waals surface area contributed by atoms with E-state index in [4.69, 9.17) is 10.00 Å². The van der Waals surface area contributed by atoms with Crippen molar-refractivity contribution in [1.29, 1.82) is 5.26 Å². The zero-order valence-corrected chi connectivity index (χ0v) is 12.8. The molecule has 2 aromatic carbocycles. The van der Waals surface area contributed by atoms with Gasteiger partial charge in [0.15, 0.2) is 0 Å². The molecule has 0 saturated carbocycles. The summed E-state index contributed by atoms with van der Waals surface area (Å²) in [6.07, 6.45) is 0. The molecule has 0 spiro atoms. The van der Waals surface area contributed by atoms with Crippen molar-refractivity contribution in [2.24, 2.45) is 0 Å². The summed E-state index contributed by atoms with van der Waals surface area (Å²) in [6, 6.07) is 14.4. The lowest BCUT2D eigenvalue weighted by atomic mass is 10.1. The highest BCUT2D eigenvalue weighted by Gasteiger charge is 2.16. The van der Waals surface area contributed by atoms with Crippen molar-refractivity contribution >= 4 is 22.5 Å². The van der Waals surface area contributed by atoms with E-state index in [-0.39, 0.29) is 5.91 Å². The fourth-order valence-corrected chi connectivity index (χ4v) is 2.55. The van der Waals surface area contributed by atoms with E-state index in [1.54, 1.807) is 31.4 Å². The van der Waals surface area contributed by atoms with Gasteiger partial charge >= 0.3 is 0 Å². The molecular weight excluding hydrogens is 290 g/mol. The molecule has 2 N–H and O–H groups in total. The van der Waals surface area contributed by atoms with Gasteiger partial charge in [0.05, 0.1) is 29.8 Å². The molecule has 0 fully saturated rings. The van der Waals surface area contributed by atoms with Crippen LogP contribution in [0.2, 0.25) is 0 Å².